The Morgan fingerprint density at radius 2 is 2.08 bits per heavy atom. The summed E-state index contributed by atoms with van der Waals surface area (Å²) < 4.78 is 0. The lowest BCUT2D eigenvalue weighted by atomic mass is 10.3. The van der Waals surface area contributed by atoms with E-state index in [-0.39, 0.29) is 18.4 Å². The van der Waals surface area contributed by atoms with Gasteiger partial charge in [0.15, 0.2) is 0 Å². The number of para-hydroxylation sites is 2. The Kier molecular flexibility index (Phi) is 2.90. The standard InChI is InChI=1S/C9H11N3.ClH/c1-6(10)9-11-7-4-2-3-5-8(7)12-9;/h2-6H,10H2,1H3,(H,11,12);1H/p-1. The summed E-state index contributed by atoms with van der Waals surface area (Å²) in [5.74, 6) is 0.844. The Hall–Kier alpha value is -1.06. The van der Waals surface area contributed by atoms with E-state index in [0.717, 1.165) is 16.9 Å². The number of rotatable bonds is 1. The monoisotopic (exact) mass is 196 g/mol. The molecule has 70 valence electrons. The zero-order valence-electron chi connectivity index (χ0n) is 7.29. The predicted octanol–water partition coefficient (Wildman–Crippen LogP) is -1.41. The van der Waals surface area contributed by atoms with Gasteiger partial charge in [-0.1, -0.05) is 12.1 Å². The van der Waals surface area contributed by atoms with Crippen LogP contribution < -0.4 is 18.1 Å². The lowest BCUT2D eigenvalue weighted by molar-refractivity contribution is -0.00000274. The summed E-state index contributed by atoms with van der Waals surface area (Å²) in [7, 11) is 0. The molecule has 1 aromatic heterocycles. The molecular formula is C9H11ClN3-. The van der Waals surface area contributed by atoms with Crippen molar-refractivity contribution in [1.82, 2.24) is 9.97 Å². The van der Waals surface area contributed by atoms with Crippen molar-refractivity contribution in [2.75, 3.05) is 0 Å². The molecule has 3 N–H and O–H groups in total. The van der Waals surface area contributed by atoms with Crippen LogP contribution in [-0.2, 0) is 0 Å². The summed E-state index contributed by atoms with van der Waals surface area (Å²) in [4.78, 5) is 7.49. The molecule has 0 aliphatic heterocycles. The number of benzene rings is 1. The van der Waals surface area contributed by atoms with Crippen LogP contribution >= 0.6 is 0 Å². The number of nitrogens with one attached hydrogen (secondary N) is 1. The largest absolute Gasteiger partial charge is 1.00 e. The molecule has 1 aromatic carbocycles. The van der Waals surface area contributed by atoms with Gasteiger partial charge in [0.25, 0.3) is 0 Å². The van der Waals surface area contributed by atoms with E-state index in [1.165, 1.54) is 0 Å². The van der Waals surface area contributed by atoms with Gasteiger partial charge < -0.3 is 23.1 Å². The second-order valence-corrected chi connectivity index (χ2v) is 2.93. The van der Waals surface area contributed by atoms with E-state index in [2.05, 4.69) is 9.97 Å². The van der Waals surface area contributed by atoms with E-state index in [9.17, 15) is 0 Å². The number of halogens is 1. The molecular weight excluding hydrogens is 186 g/mol. The van der Waals surface area contributed by atoms with Gasteiger partial charge in [-0.15, -0.1) is 0 Å². The molecule has 0 saturated heterocycles. The molecule has 0 aliphatic rings. The average Bonchev–Trinajstić information content (AvgIpc) is 2.46. The SMILES string of the molecule is CC(N)c1nc2ccccc2[nH]1.[Cl-]. The van der Waals surface area contributed by atoms with Crippen molar-refractivity contribution in [3.63, 3.8) is 0 Å². The van der Waals surface area contributed by atoms with Crippen molar-refractivity contribution in [2.45, 2.75) is 13.0 Å². The van der Waals surface area contributed by atoms with Gasteiger partial charge in [-0.25, -0.2) is 4.98 Å². The Labute approximate surface area is 82.8 Å². The second kappa shape index (κ2) is 3.77. The summed E-state index contributed by atoms with van der Waals surface area (Å²) in [6.07, 6.45) is 0. The van der Waals surface area contributed by atoms with Gasteiger partial charge in [-0.3, -0.25) is 0 Å². The van der Waals surface area contributed by atoms with Gasteiger partial charge in [0, 0.05) is 0 Å². The first-order valence-electron chi connectivity index (χ1n) is 3.97. The number of imidazole rings is 1. The topological polar surface area (TPSA) is 54.7 Å². The molecule has 0 aliphatic carbocycles. The number of nitrogens with two attached hydrogens (primary N) is 1. The molecule has 0 amide bonds. The number of nitrogens with zero attached hydrogens (tertiary/aromatic N) is 1. The fourth-order valence-corrected chi connectivity index (χ4v) is 1.19. The summed E-state index contributed by atoms with van der Waals surface area (Å²) in [5, 5.41) is 0. The van der Waals surface area contributed by atoms with Crippen LogP contribution in [0.2, 0.25) is 0 Å². The summed E-state index contributed by atoms with van der Waals surface area (Å²) in [6.45, 7) is 1.91. The van der Waals surface area contributed by atoms with E-state index in [1.807, 2.05) is 31.2 Å². The third-order valence-electron chi connectivity index (χ3n) is 1.84. The Morgan fingerprint density at radius 1 is 1.38 bits per heavy atom. The molecule has 0 saturated carbocycles. The van der Waals surface area contributed by atoms with Gasteiger partial charge in [0.1, 0.15) is 5.82 Å². The molecule has 0 radical (unpaired) electrons. The summed E-state index contributed by atoms with van der Waals surface area (Å²) >= 11 is 0. The van der Waals surface area contributed by atoms with Crippen LogP contribution in [0.5, 0.6) is 0 Å². The lowest BCUT2D eigenvalue weighted by Gasteiger charge is -1.96. The smallest absolute Gasteiger partial charge is 0.123 e. The zero-order chi connectivity index (χ0) is 8.55. The van der Waals surface area contributed by atoms with Crippen molar-refractivity contribution >= 4 is 11.0 Å². The molecule has 1 unspecified atom stereocenters. The number of hydrogen-bond acceptors (Lipinski definition) is 2. The lowest BCUT2D eigenvalue weighted by Crippen LogP contribution is -3.00. The first kappa shape index (κ1) is 10.0. The highest BCUT2D eigenvalue weighted by atomic mass is 35.5. The zero-order valence-corrected chi connectivity index (χ0v) is 8.05. The van der Waals surface area contributed by atoms with Crippen LogP contribution in [0.1, 0.15) is 18.8 Å². The molecule has 3 nitrogen and oxygen atoms in total. The Bertz CT molecular complexity index is 361. The minimum absolute atomic E-state index is 0. The highest BCUT2D eigenvalue weighted by Crippen LogP contribution is 2.13. The van der Waals surface area contributed by atoms with Crippen LogP contribution in [0.3, 0.4) is 0 Å². The van der Waals surface area contributed by atoms with Crippen molar-refractivity contribution in [3.8, 4) is 0 Å². The van der Waals surface area contributed by atoms with Crippen LogP contribution in [-0.4, -0.2) is 9.97 Å². The summed E-state index contributed by atoms with van der Waals surface area (Å²) in [5.41, 5.74) is 7.71. The molecule has 2 rings (SSSR count). The number of H-pyrrole nitrogens is 1. The normalized spacial score (nSPS) is 12.5. The molecule has 0 bridgehead atoms. The first-order valence-corrected chi connectivity index (χ1v) is 3.97. The highest BCUT2D eigenvalue weighted by Gasteiger charge is 2.04. The molecule has 1 atom stereocenters. The molecule has 13 heavy (non-hydrogen) atoms. The molecule has 0 spiro atoms. The summed E-state index contributed by atoms with van der Waals surface area (Å²) in [6, 6.07) is 7.88. The van der Waals surface area contributed by atoms with Crippen LogP contribution in [0.25, 0.3) is 11.0 Å². The van der Waals surface area contributed by atoms with E-state index < -0.39 is 0 Å². The molecule has 4 heteroatoms. The maximum atomic E-state index is 5.68. The van der Waals surface area contributed by atoms with E-state index in [0.29, 0.717) is 0 Å². The highest BCUT2D eigenvalue weighted by molar-refractivity contribution is 5.74. The van der Waals surface area contributed by atoms with E-state index in [4.69, 9.17) is 5.73 Å². The predicted molar refractivity (Wildman–Crippen MR) is 48.7 cm³/mol. The molecule has 2 aromatic rings. The fraction of sp³-hybridized carbons (Fsp3) is 0.222. The van der Waals surface area contributed by atoms with Gasteiger partial charge >= 0.3 is 0 Å². The number of aromatic amines is 1. The Morgan fingerprint density at radius 3 is 2.69 bits per heavy atom. The van der Waals surface area contributed by atoms with Crippen molar-refractivity contribution in [2.24, 2.45) is 5.73 Å². The minimum Gasteiger partial charge on any atom is -1.00 e. The third kappa shape index (κ3) is 1.82. The van der Waals surface area contributed by atoms with Gasteiger partial charge in [0.2, 0.25) is 0 Å². The minimum atomic E-state index is -0.0302. The van der Waals surface area contributed by atoms with Gasteiger partial charge in [-0.05, 0) is 19.1 Å². The third-order valence-corrected chi connectivity index (χ3v) is 1.84. The van der Waals surface area contributed by atoms with Crippen molar-refractivity contribution in [1.29, 1.82) is 0 Å². The van der Waals surface area contributed by atoms with Crippen LogP contribution in [0.4, 0.5) is 0 Å². The maximum absolute atomic E-state index is 5.68. The molecule has 0 fully saturated rings. The average molecular weight is 197 g/mol. The first-order chi connectivity index (χ1) is 5.77. The fourth-order valence-electron chi connectivity index (χ4n) is 1.19. The number of aromatic nitrogens is 2. The number of fused-ring (bicyclic) bond motifs is 1. The van der Waals surface area contributed by atoms with Crippen LogP contribution in [0.15, 0.2) is 24.3 Å². The van der Waals surface area contributed by atoms with Gasteiger partial charge in [-0.2, -0.15) is 0 Å². The maximum Gasteiger partial charge on any atom is 0.123 e. The quantitative estimate of drug-likeness (QED) is 0.589. The van der Waals surface area contributed by atoms with E-state index >= 15 is 0 Å². The number of hydrogen-bond donors (Lipinski definition) is 2. The molecule has 1 heterocycles. The van der Waals surface area contributed by atoms with Crippen molar-refractivity contribution in [3.05, 3.63) is 30.1 Å². The van der Waals surface area contributed by atoms with E-state index in [1.54, 1.807) is 0 Å². The van der Waals surface area contributed by atoms with Gasteiger partial charge in [0.05, 0.1) is 17.1 Å². The second-order valence-electron chi connectivity index (χ2n) is 2.93. The van der Waals surface area contributed by atoms with Crippen LogP contribution in [0, 0.1) is 0 Å². The van der Waals surface area contributed by atoms with Crippen molar-refractivity contribution < 1.29 is 12.4 Å². The Balaban J connectivity index is 0.000000845.